The van der Waals surface area contributed by atoms with Gasteiger partial charge in [-0.05, 0) is 80.6 Å². The molecule has 6 atom stereocenters. The molecular formula is C21H26ClF5O2. The summed E-state index contributed by atoms with van der Waals surface area (Å²) in [5.74, 6) is -5.36. The number of aliphatic hydroxyl groups is 1. The Hall–Kier alpha value is -0.690. The van der Waals surface area contributed by atoms with Crippen molar-refractivity contribution in [2.45, 2.75) is 82.4 Å². The van der Waals surface area contributed by atoms with Crippen LogP contribution in [0.25, 0.3) is 0 Å². The van der Waals surface area contributed by atoms with E-state index < -0.39 is 29.5 Å². The number of hydrogen-bond acceptors (Lipinski definition) is 2. The number of fused-ring (bicyclic) bond motifs is 5. The van der Waals surface area contributed by atoms with Crippen molar-refractivity contribution < 1.29 is 31.9 Å². The van der Waals surface area contributed by atoms with Crippen LogP contribution in [0.4, 0.5) is 22.0 Å². The van der Waals surface area contributed by atoms with E-state index in [1.165, 1.54) is 0 Å². The quantitative estimate of drug-likeness (QED) is 0.533. The highest BCUT2D eigenvalue weighted by molar-refractivity contribution is 6.43. The van der Waals surface area contributed by atoms with E-state index in [0.717, 1.165) is 5.57 Å². The Balaban J connectivity index is 1.71. The zero-order valence-electron chi connectivity index (χ0n) is 16.3. The summed E-state index contributed by atoms with van der Waals surface area (Å²) in [4.78, 5) is 12.0. The van der Waals surface area contributed by atoms with Gasteiger partial charge in [-0.15, -0.1) is 0 Å². The summed E-state index contributed by atoms with van der Waals surface area (Å²) >= 11 is 6.26. The molecule has 0 amide bonds. The third-order valence-corrected chi connectivity index (χ3v) is 9.22. The Kier molecular flexibility index (Phi) is 4.94. The van der Waals surface area contributed by atoms with E-state index in [1.807, 2.05) is 0 Å². The molecule has 0 aromatic carbocycles. The minimum atomic E-state index is -5.78. The first-order valence-corrected chi connectivity index (χ1v) is 10.9. The van der Waals surface area contributed by atoms with Crippen LogP contribution >= 0.6 is 11.6 Å². The van der Waals surface area contributed by atoms with Crippen LogP contribution in [-0.4, -0.2) is 28.6 Å². The third kappa shape index (κ3) is 2.65. The first kappa shape index (κ1) is 21.5. The molecule has 0 spiro atoms. The monoisotopic (exact) mass is 440 g/mol. The fourth-order valence-electron chi connectivity index (χ4n) is 7.50. The maximum atomic E-state index is 14.6. The second kappa shape index (κ2) is 6.65. The van der Waals surface area contributed by atoms with Crippen LogP contribution in [0, 0.1) is 29.1 Å². The lowest BCUT2D eigenvalue weighted by Crippen LogP contribution is -2.66. The van der Waals surface area contributed by atoms with Gasteiger partial charge >= 0.3 is 12.1 Å². The summed E-state index contributed by atoms with van der Waals surface area (Å²) in [6.07, 6.45) is -3.18. The lowest BCUT2D eigenvalue weighted by molar-refractivity contribution is -0.365. The highest BCUT2D eigenvalue weighted by Crippen LogP contribution is 2.70. The molecule has 0 heterocycles. The molecule has 0 aromatic rings. The molecule has 2 nitrogen and oxygen atoms in total. The van der Waals surface area contributed by atoms with Gasteiger partial charge < -0.3 is 5.11 Å². The molecule has 4 aliphatic carbocycles. The Labute approximate surface area is 171 Å². The molecule has 8 heteroatoms. The number of hydrogen-bond donors (Lipinski definition) is 1. The molecule has 4 aliphatic rings. The van der Waals surface area contributed by atoms with Crippen LogP contribution in [0.3, 0.4) is 0 Å². The molecule has 0 bridgehead atoms. The van der Waals surface area contributed by atoms with Gasteiger partial charge in [-0.2, -0.15) is 22.0 Å². The Morgan fingerprint density at radius 3 is 2.34 bits per heavy atom. The number of carbonyl (C=O) groups is 1. The van der Waals surface area contributed by atoms with Crippen molar-refractivity contribution in [1.29, 1.82) is 0 Å². The van der Waals surface area contributed by atoms with Gasteiger partial charge in [-0.3, -0.25) is 4.79 Å². The van der Waals surface area contributed by atoms with Crippen LogP contribution in [0.1, 0.15) is 64.7 Å². The van der Waals surface area contributed by atoms with Crippen molar-refractivity contribution in [1.82, 2.24) is 0 Å². The van der Waals surface area contributed by atoms with Crippen molar-refractivity contribution in [3.05, 3.63) is 10.6 Å². The standard InChI is InChI=1S/C21H26ClF5O2/c1-2-18-9-7-12-11-5-6-16(28)17(22)14(11)4-3-13(12)15(18)8-10-19(18,29)20(23,24)21(25,26)27/h11-13,15,29H,2-10H2,1H3/t11-,12-,13-,15+,18?,19?/m1/s1. The molecular weight excluding hydrogens is 415 g/mol. The smallest absolute Gasteiger partial charge is 0.383 e. The molecule has 4 rings (SSSR count). The van der Waals surface area contributed by atoms with Crippen molar-refractivity contribution in [3.63, 3.8) is 0 Å². The van der Waals surface area contributed by atoms with E-state index in [4.69, 9.17) is 11.6 Å². The highest BCUT2D eigenvalue weighted by Gasteiger charge is 2.79. The fraction of sp³-hybridized carbons (Fsp3) is 0.857. The van der Waals surface area contributed by atoms with Gasteiger partial charge in [0.15, 0.2) is 5.78 Å². The highest BCUT2D eigenvalue weighted by atomic mass is 35.5. The van der Waals surface area contributed by atoms with Gasteiger partial charge in [-0.1, -0.05) is 18.5 Å². The maximum absolute atomic E-state index is 14.6. The van der Waals surface area contributed by atoms with E-state index >= 15 is 0 Å². The minimum absolute atomic E-state index is 0.0202. The average molecular weight is 441 g/mol. The van der Waals surface area contributed by atoms with Crippen molar-refractivity contribution in [2.24, 2.45) is 29.1 Å². The molecule has 3 saturated carbocycles. The van der Waals surface area contributed by atoms with Crippen molar-refractivity contribution in [3.8, 4) is 0 Å². The summed E-state index contributed by atoms with van der Waals surface area (Å²) in [6.45, 7) is 1.63. The van der Waals surface area contributed by atoms with Crippen LogP contribution in [0.15, 0.2) is 10.6 Å². The predicted molar refractivity (Wildman–Crippen MR) is 97.5 cm³/mol. The first-order valence-electron chi connectivity index (χ1n) is 10.5. The summed E-state index contributed by atoms with van der Waals surface area (Å²) in [6, 6.07) is 0. The van der Waals surface area contributed by atoms with E-state index in [2.05, 4.69) is 0 Å². The minimum Gasteiger partial charge on any atom is -0.383 e. The van der Waals surface area contributed by atoms with Gasteiger partial charge in [0.05, 0.1) is 5.03 Å². The Morgan fingerprint density at radius 2 is 1.72 bits per heavy atom. The van der Waals surface area contributed by atoms with Crippen LogP contribution in [0.5, 0.6) is 0 Å². The zero-order chi connectivity index (χ0) is 21.4. The topological polar surface area (TPSA) is 37.3 Å². The molecule has 0 aliphatic heterocycles. The molecule has 0 radical (unpaired) electrons. The Morgan fingerprint density at radius 1 is 1.03 bits per heavy atom. The van der Waals surface area contributed by atoms with Crippen molar-refractivity contribution in [2.75, 3.05) is 0 Å². The SMILES string of the molecule is CCC12CC[C@H]3[C@@H](CCC4=C(Cl)C(=O)CC[C@@H]43)[C@@H]1CCC2(O)C(F)(F)C(F)(F)F. The van der Waals surface area contributed by atoms with Gasteiger partial charge in [0.25, 0.3) is 0 Å². The van der Waals surface area contributed by atoms with E-state index in [-0.39, 0.29) is 48.7 Å². The third-order valence-electron chi connectivity index (χ3n) is 8.77. The second-order valence-electron chi connectivity index (χ2n) is 9.40. The number of ketones is 1. The summed E-state index contributed by atoms with van der Waals surface area (Å²) in [5.41, 5.74) is -3.57. The number of Topliss-reactive ketones (excluding diaryl/α,β-unsaturated/α-hetero) is 1. The number of alkyl halides is 5. The zero-order valence-corrected chi connectivity index (χ0v) is 17.1. The molecule has 1 N–H and O–H groups in total. The summed E-state index contributed by atoms with van der Waals surface area (Å²) in [7, 11) is 0. The Bertz CT molecular complexity index is 748. The normalized spacial score (nSPS) is 43.1. The number of allylic oxidation sites excluding steroid dienone is 1. The van der Waals surface area contributed by atoms with Gasteiger partial charge in [0, 0.05) is 11.8 Å². The largest absolute Gasteiger partial charge is 0.456 e. The number of rotatable bonds is 2. The summed E-state index contributed by atoms with van der Waals surface area (Å²) in [5, 5.41) is 11.3. The molecule has 2 unspecified atom stereocenters. The van der Waals surface area contributed by atoms with Crippen LogP contribution in [0.2, 0.25) is 0 Å². The maximum Gasteiger partial charge on any atom is 0.456 e. The van der Waals surface area contributed by atoms with E-state index in [1.54, 1.807) is 6.92 Å². The van der Waals surface area contributed by atoms with Gasteiger partial charge in [0.2, 0.25) is 0 Å². The second-order valence-corrected chi connectivity index (χ2v) is 9.78. The molecule has 0 saturated heterocycles. The predicted octanol–water partition coefficient (Wildman–Crippen LogP) is 6.01. The van der Waals surface area contributed by atoms with E-state index in [9.17, 15) is 31.9 Å². The first-order chi connectivity index (χ1) is 13.4. The fourth-order valence-corrected chi connectivity index (χ4v) is 7.83. The lowest BCUT2D eigenvalue weighted by Gasteiger charge is -2.58. The van der Waals surface area contributed by atoms with Crippen LogP contribution in [-0.2, 0) is 4.79 Å². The average Bonchev–Trinajstić information content (AvgIpc) is 2.98. The van der Waals surface area contributed by atoms with Gasteiger partial charge in [0.1, 0.15) is 5.60 Å². The number of carbonyl (C=O) groups excluding carboxylic acids is 1. The lowest BCUT2D eigenvalue weighted by atomic mass is 9.48. The molecule has 164 valence electrons. The van der Waals surface area contributed by atoms with Crippen LogP contribution < -0.4 is 0 Å². The number of halogens is 6. The van der Waals surface area contributed by atoms with Crippen molar-refractivity contribution >= 4 is 17.4 Å². The van der Waals surface area contributed by atoms with Gasteiger partial charge in [-0.25, -0.2) is 0 Å². The summed E-state index contributed by atoms with van der Waals surface area (Å²) < 4.78 is 68.9. The molecule has 29 heavy (non-hydrogen) atoms. The van der Waals surface area contributed by atoms with E-state index in [0.29, 0.717) is 37.1 Å². The molecule has 0 aromatic heterocycles. The molecule has 3 fully saturated rings.